The second-order valence-electron chi connectivity index (χ2n) is 5.12. The van der Waals surface area contributed by atoms with Gasteiger partial charge in [-0.25, -0.2) is 0 Å². The molecule has 1 amide bonds. The van der Waals surface area contributed by atoms with Crippen LogP contribution in [0.5, 0.6) is 5.75 Å². The lowest BCUT2D eigenvalue weighted by molar-refractivity contribution is -0.121. The van der Waals surface area contributed by atoms with Crippen LogP contribution in [0.3, 0.4) is 0 Å². The quantitative estimate of drug-likeness (QED) is 0.850. The summed E-state index contributed by atoms with van der Waals surface area (Å²) in [6.07, 6.45) is 1.69. The van der Waals surface area contributed by atoms with E-state index in [4.69, 9.17) is 9.26 Å². The summed E-state index contributed by atoms with van der Waals surface area (Å²) in [5, 5.41) is 6.85. The summed E-state index contributed by atoms with van der Waals surface area (Å²) in [5.41, 5.74) is 0.847. The molecule has 1 N–H and O–H groups in total. The lowest BCUT2D eigenvalue weighted by Crippen LogP contribution is -2.32. The van der Waals surface area contributed by atoms with E-state index in [1.165, 1.54) is 0 Å². The van der Waals surface area contributed by atoms with Gasteiger partial charge in [0.2, 0.25) is 17.6 Å². The zero-order chi connectivity index (χ0) is 15.9. The van der Waals surface area contributed by atoms with Crippen LogP contribution in [0.2, 0.25) is 0 Å². The van der Waals surface area contributed by atoms with Gasteiger partial charge >= 0.3 is 0 Å². The van der Waals surface area contributed by atoms with E-state index in [9.17, 15) is 4.79 Å². The zero-order valence-corrected chi connectivity index (χ0v) is 13.1. The Morgan fingerprint density at radius 2 is 2.09 bits per heavy atom. The second-order valence-corrected chi connectivity index (χ2v) is 5.12. The van der Waals surface area contributed by atoms with E-state index < -0.39 is 0 Å². The SMILES string of the molecule is CC[C@@H](C)NC(=O)CCc1nc(-c2ccc(OC)cc2)no1. The van der Waals surface area contributed by atoms with Crippen LogP contribution in [-0.4, -0.2) is 29.2 Å². The van der Waals surface area contributed by atoms with E-state index >= 15 is 0 Å². The number of hydrogen-bond donors (Lipinski definition) is 1. The number of nitrogens with zero attached hydrogens (tertiary/aromatic N) is 2. The van der Waals surface area contributed by atoms with Gasteiger partial charge in [0.05, 0.1) is 7.11 Å². The van der Waals surface area contributed by atoms with E-state index in [0.29, 0.717) is 24.6 Å². The maximum Gasteiger partial charge on any atom is 0.227 e. The van der Waals surface area contributed by atoms with Crippen molar-refractivity contribution in [1.82, 2.24) is 15.5 Å². The standard InChI is InChI=1S/C16H21N3O3/c1-4-11(2)17-14(20)9-10-15-18-16(19-22-15)12-5-7-13(21-3)8-6-12/h5-8,11H,4,9-10H2,1-3H3,(H,17,20)/t11-/m1/s1. The molecule has 22 heavy (non-hydrogen) atoms. The number of carbonyl (C=O) groups is 1. The molecule has 1 aromatic carbocycles. The Balaban J connectivity index is 1.92. The number of amides is 1. The van der Waals surface area contributed by atoms with Crippen molar-refractivity contribution in [3.05, 3.63) is 30.2 Å². The third kappa shape index (κ3) is 4.31. The predicted octanol–water partition coefficient (Wildman–Crippen LogP) is 2.59. The van der Waals surface area contributed by atoms with Gasteiger partial charge in [-0.3, -0.25) is 4.79 Å². The third-order valence-corrected chi connectivity index (χ3v) is 3.40. The van der Waals surface area contributed by atoms with Crippen LogP contribution in [0, 0.1) is 0 Å². The lowest BCUT2D eigenvalue weighted by Gasteiger charge is -2.10. The summed E-state index contributed by atoms with van der Waals surface area (Å²) >= 11 is 0. The first-order chi connectivity index (χ1) is 10.6. The molecule has 1 aromatic heterocycles. The summed E-state index contributed by atoms with van der Waals surface area (Å²) in [7, 11) is 1.62. The summed E-state index contributed by atoms with van der Waals surface area (Å²) in [6, 6.07) is 7.59. The molecule has 2 aromatic rings. The first-order valence-electron chi connectivity index (χ1n) is 7.38. The molecule has 6 heteroatoms. The van der Waals surface area contributed by atoms with Crippen molar-refractivity contribution in [3.63, 3.8) is 0 Å². The Kier molecular flexibility index (Phi) is 5.52. The van der Waals surface area contributed by atoms with Crippen LogP contribution in [0.15, 0.2) is 28.8 Å². The Labute approximate surface area is 129 Å². The van der Waals surface area contributed by atoms with Crippen LogP contribution in [-0.2, 0) is 11.2 Å². The van der Waals surface area contributed by atoms with E-state index in [-0.39, 0.29) is 11.9 Å². The van der Waals surface area contributed by atoms with Crippen molar-refractivity contribution in [3.8, 4) is 17.1 Å². The highest BCUT2D eigenvalue weighted by molar-refractivity contribution is 5.76. The van der Waals surface area contributed by atoms with E-state index in [1.54, 1.807) is 7.11 Å². The molecule has 118 valence electrons. The molecule has 1 heterocycles. The molecule has 2 rings (SSSR count). The average molecular weight is 303 g/mol. The first-order valence-corrected chi connectivity index (χ1v) is 7.38. The predicted molar refractivity (Wildman–Crippen MR) is 82.5 cm³/mol. The topological polar surface area (TPSA) is 77.2 Å². The minimum atomic E-state index is -0.00134. The Hall–Kier alpha value is -2.37. The molecule has 1 atom stereocenters. The summed E-state index contributed by atoms with van der Waals surface area (Å²) in [5.74, 6) is 1.75. The van der Waals surface area contributed by atoms with E-state index in [0.717, 1.165) is 17.7 Å². The van der Waals surface area contributed by atoms with Crippen molar-refractivity contribution < 1.29 is 14.1 Å². The fourth-order valence-electron chi connectivity index (χ4n) is 1.88. The zero-order valence-electron chi connectivity index (χ0n) is 13.1. The lowest BCUT2D eigenvalue weighted by atomic mass is 10.2. The number of aryl methyl sites for hydroxylation is 1. The van der Waals surface area contributed by atoms with Crippen molar-refractivity contribution in [2.45, 2.75) is 39.2 Å². The van der Waals surface area contributed by atoms with E-state index in [1.807, 2.05) is 38.1 Å². The third-order valence-electron chi connectivity index (χ3n) is 3.40. The van der Waals surface area contributed by atoms with Gasteiger partial charge in [-0.2, -0.15) is 4.98 Å². The Bertz CT molecular complexity index is 607. The highest BCUT2D eigenvalue weighted by atomic mass is 16.5. The first kappa shape index (κ1) is 16.0. The monoisotopic (exact) mass is 303 g/mol. The molecule has 0 unspecified atom stereocenters. The van der Waals surface area contributed by atoms with Gasteiger partial charge in [-0.15, -0.1) is 0 Å². The normalized spacial score (nSPS) is 12.0. The van der Waals surface area contributed by atoms with Crippen LogP contribution in [0.25, 0.3) is 11.4 Å². The number of methoxy groups -OCH3 is 1. The van der Waals surface area contributed by atoms with Crippen LogP contribution < -0.4 is 10.1 Å². The molecule has 0 saturated carbocycles. The molecular formula is C16H21N3O3. The van der Waals surface area contributed by atoms with Crippen molar-refractivity contribution in [1.29, 1.82) is 0 Å². The molecule has 0 spiro atoms. The highest BCUT2D eigenvalue weighted by Crippen LogP contribution is 2.19. The molecule has 6 nitrogen and oxygen atoms in total. The molecule has 0 fully saturated rings. The van der Waals surface area contributed by atoms with Gasteiger partial charge in [0, 0.05) is 24.4 Å². The fourth-order valence-corrected chi connectivity index (χ4v) is 1.88. The van der Waals surface area contributed by atoms with Crippen LogP contribution in [0.4, 0.5) is 0 Å². The van der Waals surface area contributed by atoms with Gasteiger partial charge in [-0.1, -0.05) is 12.1 Å². The molecule has 0 radical (unpaired) electrons. The summed E-state index contributed by atoms with van der Waals surface area (Å²) < 4.78 is 10.3. The minimum absolute atomic E-state index is 0.00134. The van der Waals surface area contributed by atoms with Gasteiger partial charge in [0.25, 0.3) is 0 Å². The van der Waals surface area contributed by atoms with Crippen LogP contribution in [0.1, 0.15) is 32.6 Å². The summed E-state index contributed by atoms with van der Waals surface area (Å²) in [6.45, 7) is 4.01. The Morgan fingerprint density at radius 1 is 1.36 bits per heavy atom. The van der Waals surface area contributed by atoms with Gasteiger partial charge in [0.15, 0.2) is 0 Å². The van der Waals surface area contributed by atoms with Crippen LogP contribution >= 0.6 is 0 Å². The minimum Gasteiger partial charge on any atom is -0.497 e. The van der Waals surface area contributed by atoms with E-state index in [2.05, 4.69) is 15.5 Å². The molecule has 0 aliphatic carbocycles. The van der Waals surface area contributed by atoms with Crippen molar-refractivity contribution in [2.75, 3.05) is 7.11 Å². The largest absolute Gasteiger partial charge is 0.497 e. The average Bonchev–Trinajstić information content (AvgIpc) is 3.02. The van der Waals surface area contributed by atoms with Gasteiger partial charge in [-0.05, 0) is 37.6 Å². The molecule has 0 aliphatic heterocycles. The maximum atomic E-state index is 11.7. The number of benzene rings is 1. The number of ether oxygens (including phenoxy) is 1. The summed E-state index contributed by atoms with van der Waals surface area (Å²) in [4.78, 5) is 16.0. The number of rotatable bonds is 7. The maximum absolute atomic E-state index is 11.7. The van der Waals surface area contributed by atoms with Gasteiger partial charge < -0.3 is 14.6 Å². The second kappa shape index (κ2) is 7.59. The number of hydrogen-bond acceptors (Lipinski definition) is 5. The molecular weight excluding hydrogens is 282 g/mol. The molecule has 0 saturated heterocycles. The smallest absolute Gasteiger partial charge is 0.227 e. The van der Waals surface area contributed by atoms with Gasteiger partial charge in [0.1, 0.15) is 5.75 Å². The molecule has 0 bridgehead atoms. The fraction of sp³-hybridized carbons (Fsp3) is 0.438. The Morgan fingerprint density at radius 3 is 2.73 bits per heavy atom. The van der Waals surface area contributed by atoms with Crippen molar-refractivity contribution >= 4 is 5.91 Å². The highest BCUT2D eigenvalue weighted by Gasteiger charge is 2.11. The molecule has 0 aliphatic rings. The van der Waals surface area contributed by atoms with Crippen molar-refractivity contribution in [2.24, 2.45) is 0 Å². The number of nitrogens with one attached hydrogen (secondary N) is 1. The number of aromatic nitrogens is 2. The number of carbonyl (C=O) groups excluding carboxylic acids is 1.